The molecule has 2 atom stereocenters. The van der Waals surface area contributed by atoms with Crippen molar-refractivity contribution in [1.29, 1.82) is 0 Å². The molecule has 2 nitrogen and oxygen atoms in total. The van der Waals surface area contributed by atoms with Gasteiger partial charge in [-0.2, -0.15) is 13.2 Å². The molecule has 6 heteroatoms. The normalized spacial score (nSPS) is 15.6. The summed E-state index contributed by atoms with van der Waals surface area (Å²) in [4.78, 5) is 0. The second-order valence-electron chi connectivity index (χ2n) is 5.42. The standard InChI is InChI=1S/C13H18F3NO.ClH/c1-12(2,3)11(18)10(17)8-6-4-5-7-9(8)13(14,15)16;/h4-7,10-11,18H,17H2,1-3H3;1H/t10-,11-;/m1./s1. The third-order valence-electron chi connectivity index (χ3n) is 2.85. The molecule has 0 radical (unpaired) electrons. The van der Waals surface area contributed by atoms with Crippen LogP contribution in [0.15, 0.2) is 24.3 Å². The Kier molecular flexibility index (Phi) is 5.86. The lowest BCUT2D eigenvalue weighted by Crippen LogP contribution is -2.38. The fourth-order valence-electron chi connectivity index (χ4n) is 1.75. The molecule has 0 saturated carbocycles. The van der Waals surface area contributed by atoms with Crippen molar-refractivity contribution in [2.75, 3.05) is 0 Å². The molecule has 1 rings (SSSR count). The van der Waals surface area contributed by atoms with Crippen LogP contribution in [0.3, 0.4) is 0 Å². The van der Waals surface area contributed by atoms with Crippen molar-refractivity contribution >= 4 is 12.4 Å². The van der Waals surface area contributed by atoms with Crippen LogP contribution in [-0.4, -0.2) is 11.2 Å². The van der Waals surface area contributed by atoms with Crippen molar-refractivity contribution in [1.82, 2.24) is 0 Å². The molecule has 19 heavy (non-hydrogen) atoms. The molecule has 0 aliphatic carbocycles. The second kappa shape index (κ2) is 6.11. The summed E-state index contributed by atoms with van der Waals surface area (Å²) in [5.74, 6) is 0. The fraction of sp³-hybridized carbons (Fsp3) is 0.538. The zero-order valence-corrected chi connectivity index (χ0v) is 11.8. The smallest absolute Gasteiger partial charge is 0.391 e. The average molecular weight is 298 g/mol. The summed E-state index contributed by atoms with van der Waals surface area (Å²) in [7, 11) is 0. The van der Waals surface area contributed by atoms with Gasteiger partial charge in [-0.05, 0) is 17.0 Å². The molecule has 110 valence electrons. The van der Waals surface area contributed by atoms with Gasteiger partial charge in [-0.1, -0.05) is 39.0 Å². The van der Waals surface area contributed by atoms with Gasteiger partial charge in [-0.3, -0.25) is 0 Å². The molecule has 3 N–H and O–H groups in total. The molecule has 0 bridgehead atoms. The minimum Gasteiger partial charge on any atom is -0.391 e. The Hall–Kier alpha value is -0.780. The third kappa shape index (κ3) is 4.37. The van der Waals surface area contributed by atoms with E-state index in [0.29, 0.717) is 0 Å². The van der Waals surface area contributed by atoms with Gasteiger partial charge in [0.15, 0.2) is 0 Å². The van der Waals surface area contributed by atoms with E-state index in [2.05, 4.69) is 0 Å². The molecule has 1 aromatic rings. The van der Waals surface area contributed by atoms with Gasteiger partial charge in [0.1, 0.15) is 0 Å². The minimum atomic E-state index is -4.47. The van der Waals surface area contributed by atoms with Crippen LogP contribution < -0.4 is 5.73 Å². The van der Waals surface area contributed by atoms with E-state index in [1.807, 2.05) is 0 Å². The lowest BCUT2D eigenvalue weighted by atomic mass is 9.81. The minimum absolute atomic E-state index is 0. The zero-order valence-electron chi connectivity index (χ0n) is 11.0. The maximum absolute atomic E-state index is 12.8. The first kappa shape index (κ1) is 18.2. The number of hydrogen-bond donors (Lipinski definition) is 2. The quantitative estimate of drug-likeness (QED) is 0.877. The monoisotopic (exact) mass is 297 g/mol. The lowest BCUT2D eigenvalue weighted by molar-refractivity contribution is -0.138. The van der Waals surface area contributed by atoms with Crippen molar-refractivity contribution in [3.63, 3.8) is 0 Å². The molecule has 0 aliphatic rings. The first-order chi connectivity index (χ1) is 8.05. The van der Waals surface area contributed by atoms with Crippen LogP contribution in [0.5, 0.6) is 0 Å². The van der Waals surface area contributed by atoms with Crippen LogP contribution in [0.1, 0.15) is 37.9 Å². The molecule has 0 aliphatic heterocycles. The highest BCUT2D eigenvalue weighted by atomic mass is 35.5. The first-order valence-electron chi connectivity index (χ1n) is 5.65. The zero-order chi connectivity index (χ0) is 14.1. The fourth-order valence-corrected chi connectivity index (χ4v) is 1.75. The van der Waals surface area contributed by atoms with Crippen LogP contribution in [0.25, 0.3) is 0 Å². The Morgan fingerprint density at radius 1 is 1.11 bits per heavy atom. The second-order valence-corrected chi connectivity index (χ2v) is 5.42. The Balaban J connectivity index is 0.00000324. The van der Waals surface area contributed by atoms with E-state index in [0.717, 1.165) is 6.07 Å². The van der Waals surface area contributed by atoms with Crippen molar-refractivity contribution < 1.29 is 18.3 Å². The van der Waals surface area contributed by atoms with E-state index in [4.69, 9.17) is 5.73 Å². The maximum Gasteiger partial charge on any atom is 0.416 e. The van der Waals surface area contributed by atoms with Gasteiger partial charge >= 0.3 is 6.18 Å². The van der Waals surface area contributed by atoms with Crippen molar-refractivity contribution in [2.45, 2.75) is 39.1 Å². The van der Waals surface area contributed by atoms with Gasteiger partial charge in [-0.25, -0.2) is 0 Å². The highest BCUT2D eigenvalue weighted by molar-refractivity contribution is 5.85. The van der Waals surface area contributed by atoms with Crippen LogP contribution >= 0.6 is 12.4 Å². The molecular weight excluding hydrogens is 279 g/mol. The van der Waals surface area contributed by atoms with Crippen LogP contribution in [0.4, 0.5) is 13.2 Å². The van der Waals surface area contributed by atoms with E-state index in [1.165, 1.54) is 18.2 Å². The summed E-state index contributed by atoms with van der Waals surface area (Å²) in [5.41, 5.74) is 4.32. The molecule has 0 amide bonds. The molecule has 0 saturated heterocycles. The van der Waals surface area contributed by atoms with E-state index in [-0.39, 0.29) is 18.0 Å². The molecular formula is C13H19ClF3NO. The predicted molar refractivity (Wildman–Crippen MR) is 71.1 cm³/mol. The summed E-state index contributed by atoms with van der Waals surface area (Å²) < 4.78 is 38.5. The highest BCUT2D eigenvalue weighted by Crippen LogP contribution is 2.37. The first-order valence-corrected chi connectivity index (χ1v) is 5.65. The van der Waals surface area contributed by atoms with Crippen molar-refractivity contribution in [3.8, 4) is 0 Å². The molecule has 0 spiro atoms. The van der Waals surface area contributed by atoms with Gasteiger partial charge in [0, 0.05) is 0 Å². The van der Waals surface area contributed by atoms with Crippen LogP contribution in [0, 0.1) is 5.41 Å². The average Bonchev–Trinajstić information content (AvgIpc) is 2.24. The Bertz CT molecular complexity index is 415. The summed E-state index contributed by atoms with van der Waals surface area (Å²) in [6.45, 7) is 5.19. The maximum atomic E-state index is 12.8. The van der Waals surface area contributed by atoms with Gasteiger partial charge in [0.2, 0.25) is 0 Å². The van der Waals surface area contributed by atoms with Gasteiger partial charge in [0.25, 0.3) is 0 Å². The van der Waals surface area contributed by atoms with E-state index < -0.39 is 29.3 Å². The summed E-state index contributed by atoms with van der Waals surface area (Å²) in [6, 6.07) is 4.01. The number of aliphatic hydroxyl groups is 1. The number of nitrogens with two attached hydrogens (primary N) is 1. The SMILES string of the molecule is CC(C)(C)[C@H](O)[C@H](N)c1ccccc1C(F)(F)F.Cl. The van der Waals surface area contributed by atoms with Crippen molar-refractivity contribution in [2.24, 2.45) is 11.1 Å². The van der Waals surface area contributed by atoms with Crippen LogP contribution in [-0.2, 0) is 6.18 Å². The Morgan fingerprint density at radius 2 is 1.58 bits per heavy atom. The number of benzene rings is 1. The number of alkyl halides is 3. The van der Waals surface area contributed by atoms with Gasteiger partial charge < -0.3 is 10.8 Å². The topological polar surface area (TPSA) is 46.2 Å². The summed E-state index contributed by atoms with van der Waals surface area (Å²) in [5, 5.41) is 10.0. The van der Waals surface area contributed by atoms with Crippen LogP contribution in [0.2, 0.25) is 0 Å². The summed E-state index contributed by atoms with van der Waals surface area (Å²) >= 11 is 0. The van der Waals surface area contributed by atoms with Crippen molar-refractivity contribution in [3.05, 3.63) is 35.4 Å². The summed E-state index contributed by atoms with van der Waals surface area (Å²) in [6.07, 6.45) is -5.52. The number of hydrogen-bond acceptors (Lipinski definition) is 2. The van der Waals surface area contributed by atoms with E-state index in [9.17, 15) is 18.3 Å². The molecule has 0 aromatic heterocycles. The van der Waals surface area contributed by atoms with Gasteiger partial charge in [0.05, 0.1) is 17.7 Å². The number of rotatable bonds is 2. The lowest BCUT2D eigenvalue weighted by Gasteiger charge is -2.32. The molecule has 0 fully saturated rings. The molecule has 0 unspecified atom stereocenters. The third-order valence-corrected chi connectivity index (χ3v) is 2.85. The Morgan fingerprint density at radius 3 is 2.00 bits per heavy atom. The largest absolute Gasteiger partial charge is 0.416 e. The number of aliphatic hydroxyl groups excluding tert-OH is 1. The predicted octanol–water partition coefficient (Wildman–Crippen LogP) is 3.53. The number of halogens is 4. The molecule has 1 aromatic carbocycles. The van der Waals surface area contributed by atoms with Gasteiger partial charge in [-0.15, -0.1) is 12.4 Å². The highest BCUT2D eigenvalue weighted by Gasteiger charge is 2.37. The van der Waals surface area contributed by atoms with E-state index >= 15 is 0 Å². The molecule has 0 heterocycles. The van der Waals surface area contributed by atoms with E-state index in [1.54, 1.807) is 20.8 Å². The Labute approximate surface area is 117 Å².